The van der Waals surface area contributed by atoms with E-state index in [1.54, 1.807) is 7.11 Å². The van der Waals surface area contributed by atoms with Crippen LogP contribution in [0.15, 0.2) is 66.9 Å². The molecule has 4 aromatic rings. The van der Waals surface area contributed by atoms with Crippen LogP contribution in [0.5, 0.6) is 5.75 Å². The lowest BCUT2D eigenvalue weighted by atomic mass is 10.1. The van der Waals surface area contributed by atoms with E-state index in [1.807, 2.05) is 47.1 Å². The van der Waals surface area contributed by atoms with E-state index in [2.05, 4.69) is 39.5 Å². The summed E-state index contributed by atoms with van der Waals surface area (Å²) in [4.78, 5) is 6.98. The van der Waals surface area contributed by atoms with E-state index in [-0.39, 0.29) is 0 Å². The minimum absolute atomic E-state index is 0.558. The first-order valence-electron chi connectivity index (χ1n) is 10.4. The Morgan fingerprint density at radius 2 is 1.77 bits per heavy atom. The summed E-state index contributed by atoms with van der Waals surface area (Å²) in [7, 11) is 1.68. The third-order valence-electron chi connectivity index (χ3n) is 5.60. The Bertz CT molecular complexity index is 1150. The van der Waals surface area contributed by atoms with Crippen molar-refractivity contribution in [1.82, 2.24) is 19.5 Å². The summed E-state index contributed by atoms with van der Waals surface area (Å²) in [5.41, 5.74) is 5.21. The van der Waals surface area contributed by atoms with Crippen LogP contribution in [0, 0.1) is 0 Å². The first kappa shape index (κ1) is 18.6. The molecule has 0 amide bonds. The third-order valence-corrected chi connectivity index (χ3v) is 5.60. The molecule has 30 heavy (non-hydrogen) atoms. The Hall–Kier alpha value is -3.38. The monoisotopic (exact) mass is 399 g/mol. The van der Waals surface area contributed by atoms with Gasteiger partial charge in [0.2, 0.25) is 5.95 Å². The summed E-state index contributed by atoms with van der Waals surface area (Å²) in [6, 6.07) is 20.6. The van der Waals surface area contributed by atoms with Crippen LogP contribution in [-0.4, -0.2) is 39.7 Å². The maximum absolute atomic E-state index is 5.53. The van der Waals surface area contributed by atoms with Crippen LogP contribution in [0.2, 0.25) is 0 Å². The number of hydrogen-bond donors (Lipinski definition) is 1. The van der Waals surface area contributed by atoms with E-state index >= 15 is 0 Å². The molecule has 2 aromatic carbocycles. The molecule has 0 saturated carbocycles. The summed E-state index contributed by atoms with van der Waals surface area (Å²) in [5, 5.41) is 8.04. The molecule has 1 aliphatic heterocycles. The molecule has 5 rings (SSSR count). The Morgan fingerprint density at radius 1 is 0.967 bits per heavy atom. The second-order valence-electron chi connectivity index (χ2n) is 7.64. The Kier molecular flexibility index (Phi) is 5.07. The van der Waals surface area contributed by atoms with Gasteiger partial charge in [-0.3, -0.25) is 4.90 Å². The molecule has 0 unspecified atom stereocenters. The van der Waals surface area contributed by atoms with E-state index in [0.29, 0.717) is 5.95 Å². The molecule has 3 heterocycles. The predicted molar refractivity (Wildman–Crippen MR) is 119 cm³/mol. The lowest BCUT2D eigenvalue weighted by Gasteiger charge is -2.14. The largest absolute Gasteiger partial charge is 0.496 e. The van der Waals surface area contributed by atoms with Gasteiger partial charge in [0.15, 0.2) is 0 Å². The van der Waals surface area contributed by atoms with Crippen molar-refractivity contribution in [1.29, 1.82) is 0 Å². The summed E-state index contributed by atoms with van der Waals surface area (Å²) in [6.45, 7) is 3.44. The average molecular weight is 399 g/mol. The molecule has 0 atom stereocenters. The van der Waals surface area contributed by atoms with E-state index in [9.17, 15) is 0 Å². The number of hydrogen-bond acceptors (Lipinski definition) is 5. The Morgan fingerprint density at radius 3 is 2.57 bits per heavy atom. The molecular weight excluding hydrogens is 374 g/mol. The maximum atomic E-state index is 5.53. The number of aromatic nitrogens is 3. The van der Waals surface area contributed by atoms with Crippen LogP contribution >= 0.6 is 0 Å². The molecule has 1 N–H and O–H groups in total. The molecule has 152 valence electrons. The van der Waals surface area contributed by atoms with Crippen LogP contribution in [-0.2, 0) is 6.54 Å². The fraction of sp³-hybridized carbons (Fsp3) is 0.250. The second kappa shape index (κ2) is 8.16. The van der Waals surface area contributed by atoms with Gasteiger partial charge in [-0.1, -0.05) is 24.3 Å². The number of anilines is 2. The van der Waals surface area contributed by atoms with Crippen LogP contribution in [0.3, 0.4) is 0 Å². The van der Waals surface area contributed by atoms with Gasteiger partial charge >= 0.3 is 0 Å². The van der Waals surface area contributed by atoms with Gasteiger partial charge in [-0.2, -0.15) is 0 Å². The van der Waals surface area contributed by atoms with E-state index in [1.165, 1.54) is 31.5 Å². The van der Waals surface area contributed by atoms with Gasteiger partial charge in [0.1, 0.15) is 5.75 Å². The minimum Gasteiger partial charge on any atom is -0.496 e. The molecular formula is C24H25N5O. The zero-order valence-electron chi connectivity index (χ0n) is 17.1. The quantitative estimate of drug-likeness (QED) is 0.507. The number of nitrogens with one attached hydrogen (secondary N) is 1. The van der Waals surface area contributed by atoms with Gasteiger partial charge in [0.25, 0.3) is 0 Å². The molecule has 2 aromatic heterocycles. The SMILES string of the molecule is COc1ccccc1-c1ccc2cnc(Nc3ccc(CN4CCCC4)cc3)nn12. The average Bonchev–Trinajstić information content (AvgIpc) is 3.45. The van der Waals surface area contributed by atoms with Crippen molar-refractivity contribution in [3.8, 4) is 17.0 Å². The van der Waals surface area contributed by atoms with Crippen molar-refractivity contribution in [2.24, 2.45) is 0 Å². The van der Waals surface area contributed by atoms with Crippen LogP contribution in [0.1, 0.15) is 18.4 Å². The van der Waals surface area contributed by atoms with Crippen molar-refractivity contribution < 1.29 is 4.74 Å². The van der Waals surface area contributed by atoms with Crippen molar-refractivity contribution in [2.75, 3.05) is 25.5 Å². The molecule has 0 spiro atoms. The summed E-state index contributed by atoms with van der Waals surface area (Å²) in [6.07, 6.45) is 4.46. The minimum atomic E-state index is 0.558. The first-order chi connectivity index (χ1) is 14.8. The fourth-order valence-corrected chi connectivity index (χ4v) is 4.04. The number of para-hydroxylation sites is 1. The van der Waals surface area contributed by atoms with Crippen molar-refractivity contribution >= 4 is 17.2 Å². The van der Waals surface area contributed by atoms with Gasteiger partial charge in [-0.05, 0) is 67.9 Å². The number of benzene rings is 2. The Labute approximate surface area is 176 Å². The summed E-state index contributed by atoms with van der Waals surface area (Å²) >= 11 is 0. The third kappa shape index (κ3) is 3.74. The first-order valence-corrected chi connectivity index (χ1v) is 10.4. The van der Waals surface area contributed by atoms with Gasteiger partial charge in [0, 0.05) is 17.8 Å². The van der Waals surface area contributed by atoms with Crippen molar-refractivity contribution in [2.45, 2.75) is 19.4 Å². The second-order valence-corrected chi connectivity index (χ2v) is 7.64. The maximum Gasteiger partial charge on any atom is 0.245 e. The van der Waals surface area contributed by atoms with Crippen LogP contribution < -0.4 is 10.1 Å². The lowest BCUT2D eigenvalue weighted by Crippen LogP contribution is -2.18. The molecule has 0 aliphatic carbocycles. The number of methoxy groups -OCH3 is 1. The number of ether oxygens (including phenoxy) is 1. The number of likely N-dealkylation sites (tertiary alicyclic amines) is 1. The number of rotatable bonds is 6. The molecule has 0 bridgehead atoms. The zero-order valence-corrected chi connectivity index (χ0v) is 17.1. The summed E-state index contributed by atoms with van der Waals surface area (Å²) in [5.74, 6) is 1.38. The molecule has 1 aliphatic rings. The van der Waals surface area contributed by atoms with Crippen molar-refractivity contribution in [3.05, 3.63) is 72.4 Å². The summed E-state index contributed by atoms with van der Waals surface area (Å²) < 4.78 is 7.42. The smallest absolute Gasteiger partial charge is 0.245 e. The van der Waals surface area contributed by atoms with E-state index in [4.69, 9.17) is 9.84 Å². The van der Waals surface area contributed by atoms with Crippen LogP contribution in [0.4, 0.5) is 11.6 Å². The Balaban J connectivity index is 1.38. The van der Waals surface area contributed by atoms with E-state index in [0.717, 1.165) is 34.8 Å². The number of nitrogens with zero attached hydrogens (tertiary/aromatic N) is 4. The molecule has 6 heteroatoms. The zero-order chi connectivity index (χ0) is 20.3. The van der Waals surface area contributed by atoms with Gasteiger partial charge in [-0.15, -0.1) is 5.10 Å². The normalized spacial score (nSPS) is 14.3. The van der Waals surface area contributed by atoms with Crippen LogP contribution in [0.25, 0.3) is 16.8 Å². The highest BCUT2D eigenvalue weighted by molar-refractivity contribution is 5.72. The molecule has 1 saturated heterocycles. The van der Waals surface area contributed by atoms with Gasteiger partial charge < -0.3 is 10.1 Å². The fourth-order valence-electron chi connectivity index (χ4n) is 4.04. The van der Waals surface area contributed by atoms with E-state index < -0.39 is 0 Å². The standard InChI is InChI=1S/C24H25N5O/c1-30-23-7-3-2-6-21(23)22-13-12-20-16-25-24(27-29(20)22)26-19-10-8-18(9-11-19)17-28-14-4-5-15-28/h2-3,6-13,16H,4-5,14-15,17H2,1H3,(H,26,27). The molecule has 6 nitrogen and oxygen atoms in total. The predicted octanol–water partition coefficient (Wildman–Crippen LogP) is 4.74. The lowest BCUT2D eigenvalue weighted by molar-refractivity contribution is 0.331. The molecule has 0 radical (unpaired) electrons. The highest BCUT2D eigenvalue weighted by atomic mass is 16.5. The van der Waals surface area contributed by atoms with Gasteiger partial charge in [-0.25, -0.2) is 9.50 Å². The highest BCUT2D eigenvalue weighted by Crippen LogP contribution is 2.30. The topological polar surface area (TPSA) is 54.7 Å². The van der Waals surface area contributed by atoms with Gasteiger partial charge in [0.05, 0.1) is 24.5 Å². The highest BCUT2D eigenvalue weighted by Gasteiger charge is 2.13. The van der Waals surface area contributed by atoms with Crippen molar-refractivity contribution in [3.63, 3.8) is 0 Å². The number of fused-ring (bicyclic) bond motifs is 1. The molecule has 1 fully saturated rings.